The van der Waals surface area contributed by atoms with Crippen molar-refractivity contribution in [3.63, 3.8) is 0 Å². The summed E-state index contributed by atoms with van der Waals surface area (Å²) in [5.74, 6) is 1.22. The number of piperidine rings is 1. The van der Waals surface area contributed by atoms with Crippen molar-refractivity contribution in [1.29, 1.82) is 0 Å². The van der Waals surface area contributed by atoms with Crippen LogP contribution in [0.15, 0.2) is 0 Å². The van der Waals surface area contributed by atoms with Gasteiger partial charge in [0.05, 0.1) is 0 Å². The first-order valence-electron chi connectivity index (χ1n) is 5.36. The van der Waals surface area contributed by atoms with Crippen LogP contribution in [0.4, 0.5) is 0 Å². The minimum Gasteiger partial charge on any atom is -0.363 e. The van der Waals surface area contributed by atoms with E-state index in [1.165, 1.54) is 31.4 Å². The number of hydrogen-bond donors (Lipinski definition) is 1. The molecule has 0 radical (unpaired) electrons. The maximum Gasteiger partial charge on any atom is 0.168 e. The number of nitrogens with one attached hydrogen (secondary N) is 1. The Labute approximate surface area is 96.8 Å². The second kappa shape index (κ2) is 7.35. The third-order valence-electron chi connectivity index (χ3n) is 2.44. The number of thiocarbonyl (C=S) groups is 1. The lowest BCUT2D eigenvalue weighted by Gasteiger charge is -2.29. The van der Waals surface area contributed by atoms with Gasteiger partial charge in [0.1, 0.15) is 0 Å². The number of likely N-dealkylation sites (tertiary alicyclic amines) is 1. The fourth-order valence-corrected chi connectivity index (χ4v) is 2.34. The molecule has 1 saturated heterocycles. The third kappa shape index (κ3) is 4.51. The lowest BCUT2D eigenvalue weighted by Crippen LogP contribution is -2.42. The maximum atomic E-state index is 5.33. The first kappa shape index (κ1) is 12.1. The number of nitrogens with zero attached hydrogens (tertiary/aromatic N) is 1. The molecule has 0 bridgehead atoms. The molecule has 82 valence electrons. The number of rotatable bonds is 4. The zero-order chi connectivity index (χ0) is 10.2. The van der Waals surface area contributed by atoms with Crippen molar-refractivity contribution >= 4 is 29.1 Å². The standard InChI is InChI=1S/C10H20N2S2/c1-14-9-5-6-11-10(13)12-7-3-2-4-8-12/h2-9H2,1H3,(H,11,13). The molecule has 0 aromatic heterocycles. The zero-order valence-corrected chi connectivity index (χ0v) is 10.6. The highest BCUT2D eigenvalue weighted by Crippen LogP contribution is 2.08. The third-order valence-corrected chi connectivity index (χ3v) is 3.54. The molecule has 1 fully saturated rings. The summed E-state index contributed by atoms with van der Waals surface area (Å²) in [6.07, 6.45) is 7.31. The molecule has 0 amide bonds. The molecule has 4 heteroatoms. The summed E-state index contributed by atoms with van der Waals surface area (Å²) >= 11 is 7.22. The topological polar surface area (TPSA) is 15.3 Å². The molecular formula is C10H20N2S2. The van der Waals surface area contributed by atoms with E-state index in [4.69, 9.17) is 12.2 Å². The second-order valence-electron chi connectivity index (χ2n) is 3.63. The summed E-state index contributed by atoms with van der Waals surface area (Å²) < 4.78 is 0. The Morgan fingerprint density at radius 1 is 1.36 bits per heavy atom. The summed E-state index contributed by atoms with van der Waals surface area (Å²) in [6, 6.07) is 0. The van der Waals surface area contributed by atoms with Gasteiger partial charge in [-0.15, -0.1) is 0 Å². The van der Waals surface area contributed by atoms with Crippen molar-refractivity contribution in [2.45, 2.75) is 25.7 Å². The van der Waals surface area contributed by atoms with Gasteiger partial charge in [0.25, 0.3) is 0 Å². The van der Waals surface area contributed by atoms with E-state index in [1.807, 2.05) is 11.8 Å². The Morgan fingerprint density at radius 2 is 2.07 bits per heavy atom. The van der Waals surface area contributed by atoms with Crippen LogP contribution in [0.25, 0.3) is 0 Å². The SMILES string of the molecule is CSCCCNC(=S)N1CCCCC1. The van der Waals surface area contributed by atoms with Crippen LogP contribution in [0.5, 0.6) is 0 Å². The molecule has 1 heterocycles. The Balaban J connectivity index is 2.07. The van der Waals surface area contributed by atoms with E-state index in [9.17, 15) is 0 Å². The summed E-state index contributed by atoms with van der Waals surface area (Å²) in [5.41, 5.74) is 0. The fraction of sp³-hybridized carbons (Fsp3) is 0.900. The quantitative estimate of drug-likeness (QED) is 0.589. The summed E-state index contributed by atoms with van der Waals surface area (Å²) in [6.45, 7) is 3.32. The number of thioether (sulfide) groups is 1. The largest absolute Gasteiger partial charge is 0.363 e. The molecule has 0 spiro atoms. The van der Waals surface area contributed by atoms with Gasteiger partial charge in [-0.2, -0.15) is 11.8 Å². The lowest BCUT2D eigenvalue weighted by molar-refractivity contribution is 0.338. The predicted octanol–water partition coefficient (Wildman–Crippen LogP) is 2.10. The molecule has 0 aliphatic carbocycles. The van der Waals surface area contributed by atoms with Crippen LogP contribution in [-0.4, -0.2) is 41.7 Å². The van der Waals surface area contributed by atoms with Crippen molar-refractivity contribution in [2.75, 3.05) is 31.6 Å². The van der Waals surface area contributed by atoms with Gasteiger partial charge in [-0.3, -0.25) is 0 Å². The predicted molar refractivity (Wildman–Crippen MR) is 69.0 cm³/mol. The van der Waals surface area contributed by atoms with E-state index in [1.54, 1.807) is 0 Å². The van der Waals surface area contributed by atoms with Crippen LogP contribution in [0.3, 0.4) is 0 Å². The van der Waals surface area contributed by atoms with Crippen LogP contribution in [0, 0.1) is 0 Å². The van der Waals surface area contributed by atoms with E-state index in [0.29, 0.717) is 0 Å². The number of hydrogen-bond acceptors (Lipinski definition) is 2. The molecule has 1 N–H and O–H groups in total. The van der Waals surface area contributed by atoms with Gasteiger partial charge in [0, 0.05) is 19.6 Å². The Morgan fingerprint density at radius 3 is 2.71 bits per heavy atom. The van der Waals surface area contributed by atoms with Crippen LogP contribution < -0.4 is 5.32 Å². The maximum absolute atomic E-state index is 5.33. The van der Waals surface area contributed by atoms with E-state index in [0.717, 1.165) is 24.7 Å². The normalized spacial score (nSPS) is 16.8. The average molecular weight is 232 g/mol. The monoisotopic (exact) mass is 232 g/mol. The molecule has 0 atom stereocenters. The summed E-state index contributed by atoms with van der Waals surface area (Å²) in [7, 11) is 0. The zero-order valence-electron chi connectivity index (χ0n) is 8.92. The van der Waals surface area contributed by atoms with E-state index >= 15 is 0 Å². The van der Waals surface area contributed by atoms with Gasteiger partial charge in [0.15, 0.2) is 5.11 Å². The van der Waals surface area contributed by atoms with Crippen molar-refractivity contribution in [1.82, 2.24) is 10.2 Å². The van der Waals surface area contributed by atoms with Crippen LogP contribution in [0.2, 0.25) is 0 Å². The smallest absolute Gasteiger partial charge is 0.168 e. The van der Waals surface area contributed by atoms with Gasteiger partial charge in [-0.25, -0.2) is 0 Å². The summed E-state index contributed by atoms with van der Waals surface area (Å²) in [5, 5.41) is 4.29. The summed E-state index contributed by atoms with van der Waals surface area (Å²) in [4.78, 5) is 2.30. The Bertz CT molecular complexity index is 168. The van der Waals surface area contributed by atoms with Gasteiger partial charge in [-0.1, -0.05) is 0 Å². The highest BCUT2D eigenvalue weighted by atomic mass is 32.2. The highest BCUT2D eigenvalue weighted by Gasteiger charge is 2.11. The molecule has 1 aliphatic rings. The minimum atomic E-state index is 0.964. The van der Waals surface area contributed by atoms with Crippen molar-refractivity contribution in [3.05, 3.63) is 0 Å². The van der Waals surface area contributed by atoms with Crippen molar-refractivity contribution in [3.8, 4) is 0 Å². The van der Waals surface area contributed by atoms with E-state index in [2.05, 4.69) is 16.5 Å². The van der Waals surface area contributed by atoms with E-state index in [-0.39, 0.29) is 0 Å². The molecule has 0 saturated carbocycles. The van der Waals surface area contributed by atoms with E-state index < -0.39 is 0 Å². The van der Waals surface area contributed by atoms with Gasteiger partial charge in [0.2, 0.25) is 0 Å². The molecule has 0 aromatic rings. The van der Waals surface area contributed by atoms with Gasteiger partial charge in [-0.05, 0) is 49.9 Å². The van der Waals surface area contributed by atoms with Crippen LogP contribution >= 0.6 is 24.0 Å². The first-order valence-corrected chi connectivity index (χ1v) is 7.16. The average Bonchev–Trinajstić information content (AvgIpc) is 2.25. The minimum absolute atomic E-state index is 0.964. The van der Waals surface area contributed by atoms with Crippen LogP contribution in [-0.2, 0) is 0 Å². The second-order valence-corrected chi connectivity index (χ2v) is 5.00. The van der Waals surface area contributed by atoms with Gasteiger partial charge < -0.3 is 10.2 Å². The Kier molecular flexibility index (Phi) is 6.36. The lowest BCUT2D eigenvalue weighted by atomic mass is 10.1. The first-order chi connectivity index (χ1) is 6.84. The Hall–Kier alpha value is 0.0400. The molecule has 0 aromatic carbocycles. The van der Waals surface area contributed by atoms with Crippen molar-refractivity contribution in [2.24, 2.45) is 0 Å². The molecule has 2 nitrogen and oxygen atoms in total. The molecule has 1 aliphatic heterocycles. The highest BCUT2D eigenvalue weighted by molar-refractivity contribution is 7.98. The molecule has 0 unspecified atom stereocenters. The molecule has 1 rings (SSSR count). The molecule has 14 heavy (non-hydrogen) atoms. The molecular weight excluding hydrogens is 212 g/mol. The fourth-order valence-electron chi connectivity index (χ4n) is 1.62. The van der Waals surface area contributed by atoms with Gasteiger partial charge >= 0.3 is 0 Å². The van der Waals surface area contributed by atoms with Crippen LogP contribution in [0.1, 0.15) is 25.7 Å². The van der Waals surface area contributed by atoms with Crippen molar-refractivity contribution < 1.29 is 0 Å².